The van der Waals surface area contributed by atoms with Crippen LogP contribution in [0.4, 0.5) is 4.79 Å². The molecule has 102 valence electrons. The maximum atomic E-state index is 11.9. The highest BCUT2D eigenvalue weighted by atomic mass is 16.2. The molecule has 0 aromatic rings. The van der Waals surface area contributed by atoms with Crippen LogP contribution in [-0.2, 0) is 4.79 Å². The van der Waals surface area contributed by atoms with Crippen molar-refractivity contribution in [1.29, 1.82) is 0 Å². The first-order valence-corrected chi connectivity index (χ1v) is 6.65. The van der Waals surface area contributed by atoms with E-state index in [0.29, 0.717) is 6.42 Å². The number of hydrogen-bond donors (Lipinski definition) is 2. The topological polar surface area (TPSA) is 78.7 Å². The quantitative estimate of drug-likeness (QED) is 0.728. The lowest BCUT2D eigenvalue weighted by molar-refractivity contribution is -0.132. The molecule has 18 heavy (non-hydrogen) atoms. The predicted octanol–water partition coefficient (Wildman–Crippen LogP) is -0.260. The summed E-state index contributed by atoms with van der Waals surface area (Å²) in [5, 5.41) is 2.82. The van der Waals surface area contributed by atoms with Crippen LogP contribution >= 0.6 is 0 Å². The molecule has 2 aliphatic rings. The van der Waals surface area contributed by atoms with Gasteiger partial charge in [0.15, 0.2) is 0 Å². The van der Waals surface area contributed by atoms with E-state index in [0.717, 1.165) is 39.0 Å². The van der Waals surface area contributed by atoms with Crippen molar-refractivity contribution in [3.63, 3.8) is 0 Å². The van der Waals surface area contributed by atoms with Crippen molar-refractivity contribution in [2.45, 2.75) is 38.3 Å². The van der Waals surface area contributed by atoms with Crippen molar-refractivity contribution in [2.24, 2.45) is 5.73 Å². The molecule has 0 spiro atoms. The smallest absolute Gasteiger partial charge is 0.317 e. The zero-order valence-corrected chi connectivity index (χ0v) is 10.9. The van der Waals surface area contributed by atoms with Gasteiger partial charge in [-0.15, -0.1) is 0 Å². The number of carbonyl (C=O) groups is 2. The van der Waals surface area contributed by atoms with Gasteiger partial charge in [0, 0.05) is 44.7 Å². The number of hydrogen-bond acceptors (Lipinski definition) is 3. The minimum absolute atomic E-state index is 0.0374. The maximum Gasteiger partial charge on any atom is 0.317 e. The van der Waals surface area contributed by atoms with E-state index in [-0.39, 0.29) is 24.0 Å². The van der Waals surface area contributed by atoms with Gasteiger partial charge in [-0.2, -0.15) is 0 Å². The van der Waals surface area contributed by atoms with Crippen molar-refractivity contribution >= 4 is 11.9 Å². The number of nitrogens with zero attached hydrogens (tertiary/aromatic N) is 2. The second-order valence-corrected chi connectivity index (χ2v) is 5.22. The van der Waals surface area contributed by atoms with Crippen molar-refractivity contribution in [1.82, 2.24) is 15.1 Å². The molecular weight excluding hydrogens is 232 g/mol. The number of carbonyl (C=O) groups excluding carboxylic acids is 2. The first-order chi connectivity index (χ1) is 8.58. The second kappa shape index (κ2) is 5.56. The van der Waals surface area contributed by atoms with Gasteiger partial charge >= 0.3 is 6.03 Å². The highest BCUT2D eigenvalue weighted by Crippen LogP contribution is 2.18. The van der Waals surface area contributed by atoms with Gasteiger partial charge in [0.25, 0.3) is 0 Å². The molecule has 3 amide bonds. The first-order valence-electron chi connectivity index (χ1n) is 6.65. The van der Waals surface area contributed by atoms with E-state index in [4.69, 9.17) is 5.73 Å². The zero-order chi connectivity index (χ0) is 13.1. The van der Waals surface area contributed by atoms with Crippen LogP contribution < -0.4 is 11.1 Å². The van der Waals surface area contributed by atoms with Gasteiger partial charge in [-0.25, -0.2) is 4.79 Å². The SMILES string of the molecule is CC(N)CC(=O)N1CCC(N2CCNC2=O)CC1. The first kappa shape index (κ1) is 13.1. The lowest BCUT2D eigenvalue weighted by Gasteiger charge is -2.36. The third-order valence-corrected chi connectivity index (χ3v) is 3.64. The van der Waals surface area contributed by atoms with Crippen molar-refractivity contribution in [3.05, 3.63) is 0 Å². The monoisotopic (exact) mass is 254 g/mol. The fraction of sp³-hybridized carbons (Fsp3) is 0.833. The minimum atomic E-state index is -0.0837. The van der Waals surface area contributed by atoms with E-state index in [1.165, 1.54) is 0 Å². The summed E-state index contributed by atoms with van der Waals surface area (Å²) in [6.45, 7) is 4.85. The highest BCUT2D eigenvalue weighted by Gasteiger charge is 2.31. The Bertz CT molecular complexity index is 324. The summed E-state index contributed by atoms with van der Waals surface area (Å²) in [7, 11) is 0. The average molecular weight is 254 g/mol. The number of urea groups is 1. The fourth-order valence-electron chi connectivity index (χ4n) is 2.67. The Morgan fingerprint density at radius 2 is 2.11 bits per heavy atom. The molecule has 6 heteroatoms. The molecule has 6 nitrogen and oxygen atoms in total. The molecule has 0 radical (unpaired) electrons. The third kappa shape index (κ3) is 2.93. The summed E-state index contributed by atoms with van der Waals surface area (Å²) in [5.41, 5.74) is 5.64. The molecular formula is C12H22N4O2. The van der Waals surface area contributed by atoms with Crippen LogP contribution in [0.1, 0.15) is 26.2 Å². The van der Waals surface area contributed by atoms with Crippen LogP contribution in [0, 0.1) is 0 Å². The predicted molar refractivity (Wildman–Crippen MR) is 68.0 cm³/mol. The molecule has 1 unspecified atom stereocenters. The largest absolute Gasteiger partial charge is 0.342 e. The Morgan fingerprint density at radius 3 is 2.61 bits per heavy atom. The average Bonchev–Trinajstić information content (AvgIpc) is 2.75. The van der Waals surface area contributed by atoms with Crippen LogP contribution in [-0.4, -0.2) is 60.0 Å². The summed E-state index contributed by atoms with van der Waals surface area (Å²) in [4.78, 5) is 27.2. The molecule has 0 bridgehead atoms. The van der Waals surface area contributed by atoms with Gasteiger partial charge in [0.1, 0.15) is 0 Å². The number of nitrogens with one attached hydrogen (secondary N) is 1. The van der Waals surface area contributed by atoms with Crippen LogP contribution in [0.25, 0.3) is 0 Å². The van der Waals surface area contributed by atoms with Gasteiger partial charge < -0.3 is 20.9 Å². The molecule has 2 rings (SSSR count). The number of nitrogens with two attached hydrogens (primary N) is 1. The van der Waals surface area contributed by atoms with Crippen molar-refractivity contribution in [3.8, 4) is 0 Å². The zero-order valence-electron chi connectivity index (χ0n) is 10.9. The van der Waals surface area contributed by atoms with E-state index in [1.807, 2.05) is 16.7 Å². The van der Waals surface area contributed by atoms with E-state index >= 15 is 0 Å². The van der Waals surface area contributed by atoms with Crippen molar-refractivity contribution < 1.29 is 9.59 Å². The third-order valence-electron chi connectivity index (χ3n) is 3.64. The molecule has 0 aromatic carbocycles. The van der Waals surface area contributed by atoms with Crippen LogP contribution in [0.3, 0.4) is 0 Å². The Morgan fingerprint density at radius 1 is 1.44 bits per heavy atom. The Labute approximate surface area is 107 Å². The van der Waals surface area contributed by atoms with Gasteiger partial charge in [0.05, 0.1) is 0 Å². The van der Waals surface area contributed by atoms with Gasteiger partial charge in [-0.3, -0.25) is 4.79 Å². The minimum Gasteiger partial charge on any atom is -0.342 e. The molecule has 0 saturated carbocycles. The normalized spacial score (nSPS) is 23.1. The number of piperidine rings is 1. The van der Waals surface area contributed by atoms with E-state index < -0.39 is 0 Å². The maximum absolute atomic E-state index is 11.9. The number of rotatable bonds is 3. The summed E-state index contributed by atoms with van der Waals surface area (Å²) in [6, 6.07) is 0.238. The fourth-order valence-corrected chi connectivity index (χ4v) is 2.67. The molecule has 2 saturated heterocycles. The Balaban J connectivity index is 1.81. The summed E-state index contributed by atoms with van der Waals surface area (Å²) < 4.78 is 0. The molecule has 2 fully saturated rings. The second-order valence-electron chi connectivity index (χ2n) is 5.22. The van der Waals surface area contributed by atoms with Gasteiger partial charge in [-0.05, 0) is 19.8 Å². The molecule has 2 heterocycles. The molecule has 1 atom stereocenters. The standard InChI is InChI=1S/C12H22N4O2/c1-9(13)8-11(17)15-5-2-10(3-6-15)16-7-4-14-12(16)18/h9-10H,2-8,13H2,1H3,(H,14,18). The van der Waals surface area contributed by atoms with Crippen LogP contribution in [0.15, 0.2) is 0 Å². The summed E-state index contributed by atoms with van der Waals surface area (Å²) >= 11 is 0. The van der Waals surface area contributed by atoms with E-state index in [1.54, 1.807) is 0 Å². The lowest BCUT2D eigenvalue weighted by atomic mass is 10.0. The summed E-state index contributed by atoms with van der Waals surface area (Å²) in [5.74, 6) is 0.134. The molecule has 3 N–H and O–H groups in total. The lowest BCUT2D eigenvalue weighted by Crippen LogP contribution is -2.48. The van der Waals surface area contributed by atoms with E-state index in [2.05, 4.69) is 5.32 Å². The molecule has 0 aliphatic carbocycles. The molecule has 2 aliphatic heterocycles. The van der Waals surface area contributed by atoms with E-state index in [9.17, 15) is 9.59 Å². The number of amides is 3. The van der Waals surface area contributed by atoms with Gasteiger partial charge in [0.2, 0.25) is 5.91 Å². The number of likely N-dealkylation sites (tertiary alicyclic amines) is 1. The Kier molecular flexibility index (Phi) is 4.06. The van der Waals surface area contributed by atoms with Crippen LogP contribution in [0.5, 0.6) is 0 Å². The highest BCUT2D eigenvalue weighted by molar-refractivity contribution is 5.77. The Hall–Kier alpha value is -1.30. The summed E-state index contributed by atoms with van der Waals surface area (Å²) in [6.07, 6.45) is 2.16. The molecule has 0 aromatic heterocycles. The van der Waals surface area contributed by atoms with Crippen LogP contribution in [0.2, 0.25) is 0 Å². The van der Waals surface area contributed by atoms with Crippen molar-refractivity contribution in [2.75, 3.05) is 26.2 Å². The van der Waals surface area contributed by atoms with Gasteiger partial charge in [-0.1, -0.05) is 0 Å².